The van der Waals surface area contributed by atoms with Crippen molar-refractivity contribution in [1.29, 1.82) is 0 Å². The lowest BCUT2D eigenvalue weighted by Gasteiger charge is -2.37. The molecule has 3 atom stereocenters. The fourth-order valence-corrected chi connectivity index (χ4v) is 6.24. The monoisotopic (exact) mass is 523 g/mol. The zero-order valence-electron chi connectivity index (χ0n) is 20.7. The molecule has 37 heavy (non-hydrogen) atoms. The molecule has 196 valence electrons. The van der Waals surface area contributed by atoms with Gasteiger partial charge in [-0.2, -0.15) is 0 Å². The summed E-state index contributed by atoms with van der Waals surface area (Å²) in [6.07, 6.45) is 9.68. The van der Waals surface area contributed by atoms with E-state index in [1.165, 1.54) is 24.2 Å². The van der Waals surface area contributed by atoms with Gasteiger partial charge >= 0.3 is 0 Å². The molecule has 1 amide bonds. The number of benzene rings is 1. The van der Waals surface area contributed by atoms with E-state index in [9.17, 15) is 15.0 Å². The maximum Gasteiger partial charge on any atom is 0.229 e. The molecule has 0 spiro atoms. The Morgan fingerprint density at radius 2 is 1.95 bits per heavy atom. The fraction of sp³-hybridized carbons (Fsp3) is 0.556. The summed E-state index contributed by atoms with van der Waals surface area (Å²) in [6.45, 7) is 0.459. The molecule has 0 radical (unpaired) electrons. The summed E-state index contributed by atoms with van der Waals surface area (Å²) in [6, 6.07) is 6.46. The van der Waals surface area contributed by atoms with Crippen molar-refractivity contribution in [2.24, 2.45) is 11.8 Å². The number of nitrogens with zero attached hydrogens (tertiary/aromatic N) is 3. The van der Waals surface area contributed by atoms with Crippen LogP contribution in [0.25, 0.3) is 21.3 Å². The van der Waals surface area contributed by atoms with Crippen LogP contribution in [0.5, 0.6) is 0 Å². The number of hydrogen-bond donors (Lipinski definition) is 4. The van der Waals surface area contributed by atoms with E-state index < -0.39 is 0 Å². The predicted molar refractivity (Wildman–Crippen MR) is 141 cm³/mol. The van der Waals surface area contributed by atoms with Crippen LogP contribution in [-0.2, 0) is 16.1 Å². The summed E-state index contributed by atoms with van der Waals surface area (Å²) in [7, 11) is 0. The second-order valence-electron chi connectivity index (χ2n) is 10.6. The molecule has 3 aromatic rings. The van der Waals surface area contributed by atoms with Gasteiger partial charge < -0.3 is 25.6 Å². The second-order valence-corrected chi connectivity index (χ2v) is 11.6. The van der Waals surface area contributed by atoms with Gasteiger partial charge in [0.25, 0.3) is 0 Å². The third kappa shape index (κ3) is 5.68. The number of aromatic nitrogens is 3. The number of carbonyl (C=O) groups is 1. The number of amides is 1. The molecular formula is C27H33N5O4S. The average molecular weight is 524 g/mol. The number of ether oxygens (including phenoxy) is 1. The summed E-state index contributed by atoms with van der Waals surface area (Å²) in [5.41, 5.74) is 2.72. The maximum atomic E-state index is 12.7. The first kappa shape index (κ1) is 24.8. The topological polar surface area (TPSA) is 129 Å². The summed E-state index contributed by atoms with van der Waals surface area (Å²) in [5, 5.41) is 26.6. The first-order valence-corrected chi connectivity index (χ1v) is 14.1. The van der Waals surface area contributed by atoms with Gasteiger partial charge in [-0.3, -0.25) is 4.79 Å². The molecule has 4 N–H and O–H groups in total. The normalized spacial score (nSPS) is 26.2. The Kier molecular flexibility index (Phi) is 7.18. The number of thiazole rings is 1. The average Bonchev–Trinajstić information content (AvgIpc) is 3.51. The molecule has 0 bridgehead atoms. The van der Waals surface area contributed by atoms with Crippen molar-refractivity contribution in [2.45, 2.75) is 75.8 Å². The molecule has 6 rings (SSSR count). The van der Waals surface area contributed by atoms with Crippen LogP contribution < -0.4 is 10.6 Å². The largest absolute Gasteiger partial charge is 0.395 e. The van der Waals surface area contributed by atoms with Crippen LogP contribution >= 0.6 is 11.3 Å². The van der Waals surface area contributed by atoms with Gasteiger partial charge in [0, 0.05) is 36.0 Å². The highest BCUT2D eigenvalue weighted by atomic mass is 32.1. The maximum absolute atomic E-state index is 12.7. The van der Waals surface area contributed by atoms with Crippen molar-refractivity contribution in [3.8, 4) is 11.1 Å². The van der Waals surface area contributed by atoms with Crippen LogP contribution in [0.2, 0.25) is 0 Å². The smallest absolute Gasteiger partial charge is 0.229 e. The van der Waals surface area contributed by atoms with Crippen LogP contribution in [0.1, 0.15) is 50.8 Å². The SMILES string of the molecule is O=C(Nc1nc2ccc(-c3cnc(CO[C@H]4CCC[C@@H]4O)nc3)cc2s1)C1CC(NC(CO)C2CC2)C1. The standard InChI is InChI=1S/C27H33N5O4S/c33-13-21(15-4-5-15)30-19-8-17(9-19)26(35)32-27-31-20-7-6-16(10-24(20)37-27)18-11-28-25(29-12-18)14-36-23-3-1-2-22(23)34/h6-7,10-12,15,17,19,21-23,30,33-34H,1-5,8-9,13-14H2,(H,31,32,35)/t17?,19?,21?,22-,23-/m0/s1. The van der Waals surface area contributed by atoms with E-state index in [2.05, 4.69) is 25.6 Å². The number of nitrogens with one attached hydrogen (secondary N) is 2. The number of aliphatic hydroxyl groups is 2. The molecule has 3 fully saturated rings. The van der Waals surface area contributed by atoms with Gasteiger partial charge in [0.15, 0.2) is 11.0 Å². The predicted octanol–water partition coefficient (Wildman–Crippen LogP) is 3.26. The van der Waals surface area contributed by atoms with Gasteiger partial charge in [-0.15, -0.1) is 0 Å². The van der Waals surface area contributed by atoms with Gasteiger partial charge in [0.1, 0.15) is 6.61 Å². The van der Waals surface area contributed by atoms with Crippen LogP contribution in [0, 0.1) is 11.8 Å². The quantitative estimate of drug-likeness (QED) is 0.319. The van der Waals surface area contributed by atoms with Crippen molar-refractivity contribution in [3.05, 3.63) is 36.4 Å². The molecule has 0 aliphatic heterocycles. The lowest BCUT2D eigenvalue weighted by atomic mass is 9.79. The minimum Gasteiger partial charge on any atom is -0.395 e. The molecule has 3 aliphatic rings. The molecule has 1 aromatic carbocycles. The minimum atomic E-state index is -0.390. The van der Waals surface area contributed by atoms with Gasteiger partial charge in [0.2, 0.25) is 5.91 Å². The van der Waals surface area contributed by atoms with Crippen molar-refractivity contribution in [1.82, 2.24) is 20.3 Å². The van der Waals surface area contributed by atoms with Crippen molar-refractivity contribution >= 4 is 32.6 Å². The first-order valence-electron chi connectivity index (χ1n) is 13.2. The van der Waals surface area contributed by atoms with E-state index in [4.69, 9.17) is 4.74 Å². The molecule has 1 unspecified atom stereocenters. The second kappa shape index (κ2) is 10.7. The van der Waals surface area contributed by atoms with Crippen molar-refractivity contribution in [3.63, 3.8) is 0 Å². The number of fused-ring (bicyclic) bond motifs is 1. The van der Waals surface area contributed by atoms with E-state index in [1.54, 1.807) is 12.4 Å². The van der Waals surface area contributed by atoms with Crippen LogP contribution in [0.4, 0.5) is 5.13 Å². The fourth-order valence-electron chi connectivity index (χ4n) is 5.33. The Bertz CT molecular complexity index is 1240. The first-order chi connectivity index (χ1) is 18.1. The molecule has 0 saturated heterocycles. The zero-order chi connectivity index (χ0) is 25.4. The molecule has 9 nitrogen and oxygen atoms in total. The van der Waals surface area contributed by atoms with Crippen molar-refractivity contribution < 1.29 is 19.7 Å². The molecule has 3 aliphatic carbocycles. The highest BCUT2D eigenvalue weighted by Crippen LogP contribution is 2.36. The Morgan fingerprint density at radius 3 is 2.65 bits per heavy atom. The van der Waals surface area contributed by atoms with E-state index in [1.807, 2.05) is 18.2 Å². The number of hydrogen-bond acceptors (Lipinski definition) is 9. The Morgan fingerprint density at radius 1 is 1.14 bits per heavy atom. The summed E-state index contributed by atoms with van der Waals surface area (Å²) in [5.74, 6) is 1.19. The highest BCUT2D eigenvalue weighted by Gasteiger charge is 2.39. The van der Waals surface area contributed by atoms with Gasteiger partial charge in [0.05, 0.1) is 29.0 Å². The van der Waals surface area contributed by atoms with Crippen LogP contribution in [-0.4, -0.2) is 62.0 Å². The number of carbonyl (C=O) groups excluding carboxylic acids is 1. The zero-order valence-corrected chi connectivity index (χ0v) is 21.5. The minimum absolute atomic E-state index is 0.0145. The summed E-state index contributed by atoms with van der Waals surface area (Å²) in [4.78, 5) is 26.2. The number of rotatable bonds is 10. The van der Waals surface area contributed by atoms with E-state index in [0.717, 1.165) is 53.4 Å². The Balaban J connectivity index is 1.03. The summed E-state index contributed by atoms with van der Waals surface area (Å²) < 4.78 is 6.76. The Labute approximate surface area is 219 Å². The van der Waals surface area contributed by atoms with Crippen LogP contribution in [0.3, 0.4) is 0 Å². The molecular weight excluding hydrogens is 490 g/mol. The molecule has 10 heteroatoms. The lowest BCUT2D eigenvalue weighted by Crippen LogP contribution is -2.51. The molecule has 2 heterocycles. The number of aliphatic hydroxyl groups excluding tert-OH is 2. The third-order valence-corrected chi connectivity index (χ3v) is 8.78. The third-order valence-electron chi connectivity index (χ3n) is 7.85. The highest BCUT2D eigenvalue weighted by molar-refractivity contribution is 7.22. The van der Waals surface area contributed by atoms with Gasteiger partial charge in [-0.1, -0.05) is 17.4 Å². The van der Waals surface area contributed by atoms with Gasteiger partial charge in [-0.25, -0.2) is 15.0 Å². The van der Waals surface area contributed by atoms with Crippen LogP contribution in [0.15, 0.2) is 30.6 Å². The van der Waals surface area contributed by atoms with E-state index in [-0.39, 0.29) is 36.7 Å². The lowest BCUT2D eigenvalue weighted by molar-refractivity contribution is -0.123. The Hall–Kier alpha value is -2.50. The number of anilines is 1. The van der Waals surface area contributed by atoms with Gasteiger partial charge in [-0.05, 0) is 68.6 Å². The van der Waals surface area contributed by atoms with E-state index >= 15 is 0 Å². The summed E-state index contributed by atoms with van der Waals surface area (Å²) >= 11 is 1.46. The van der Waals surface area contributed by atoms with Crippen molar-refractivity contribution in [2.75, 3.05) is 11.9 Å². The van der Waals surface area contributed by atoms with E-state index in [0.29, 0.717) is 29.5 Å². The molecule has 3 saturated carbocycles. The molecule has 2 aromatic heterocycles.